The molecule has 1 unspecified atom stereocenters. The van der Waals surface area contributed by atoms with Crippen LogP contribution in [0, 0.1) is 0 Å². The van der Waals surface area contributed by atoms with Crippen molar-refractivity contribution in [2.75, 3.05) is 0 Å². The molecule has 6 aromatic rings. The Morgan fingerprint density at radius 1 is 0.771 bits per heavy atom. The summed E-state index contributed by atoms with van der Waals surface area (Å²) in [5.74, 6) is 1.86. The fraction of sp³-hybridized carbons (Fsp3) is 0.125. The minimum absolute atomic E-state index is 0.389. The second-order valence-electron chi connectivity index (χ2n) is 9.95. The molecule has 3 heterocycles. The molecule has 1 aliphatic heterocycles. The van der Waals surface area contributed by atoms with E-state index in [0.29, 0.717) is 0 Å². The topological polar surface area (TPSA) is 40.8 Å². The quantitative estimate of drug-likeness (QED) is 0.259. The Hall–Kier alpha value is -4.24. The molecule has 35 heavy (non-hydrogen) atoms. The summed E-state index contributed by atoms with van der Waals surface area (Å²) in [6.07, 6.45) is 6.64. The number of H-pyrrole nitrogens is 2. The van der Waals surface area contributed by atoms with E-state index in [-0.39, 0.29) is 5.41 Å². The number of ether oxygens (including phenoxy) is 1. The summed E-state index contributed by atoms with van der Waals surface area (Å²) in [6.45, 7) is 2.35. The third-order valence-corrected chi connectivity index (χ3v) is 8.14. The first-order valence-electron chi connectivity index (χ1n) is 12.4. The summed E-state index contributed by atoms with van der Waals surface area (Å²) in [5.41, 5.74) is 9.26. The summed E-state index contributed by atoms with van der Waals surface area (Å²) in [5, 5.41) is 3.71. The number of hydrogen-bond donors (Lipinski definition) is 2. The van der Waals surface area contributed by atoms with Gasteiger partial charge in [0.25, 0.3) is 0 Å². The molecule has 3 nitrogen and oxygen atoms in total. The maximum Gasteiger partial charge on any atom is 0.155 e. The summed E-state index contributed by atoms with van der Waals surface area (Å²) in [7, 11) is 0. The van der Waals surface area contributed by atoms with Crippen LogP contribution in [0.4, 0.5) is 0 Å². The fourth-order valence-electron chi connectivity index (χ4n) is 6.43. The van der Waals surface area contributed by atoms with Crippen LogP contribution in [0.15, 0.2) is 84.9 Å². The Labute approximate surface area is 203 Å². The zero-order chi connectivity index (χ0) is 23.1. The monoisotopic (exact) mass is 452 g/mol. The predicted molar refractivity (Wildman–Crippen MR) is 144 cm³/mol. The van der Waals surface area contributed by atoms with E-state index in [1.165, 1.54) is 44.1 Å². The third kappa shape index (κ3) is 2.40. The van der Waals surface area contributed by atoms with E-state index in [1.54, 1.807) is 0 Å². The van der Waals surface area contributed by atoms with Gasteiger partial charge in [0.05, 0.1) is 16.4 Å². The lowest BCUT2D eigenvalue weighted by molar-refractivity contribution is 0.433. The Kier molecular flexibility index (Phi) is 3.64. The van der Waals surface area contributed by atoms with Crippen molar-refractivity contribution < 1.29 is 4.74 Å². The van der Waals surface area contributed by atoms with E-state index in [4.69, 9.17) is 4.74 Å². The first kappa shape index (κ1) is 19.1. The van der Waals surface area contributed by atoms with Gasteiger partial charge in [-0.05, 0) is 43.5 Å². The highest BCUT2D eigenvalue weighted by Crippen LogP contribution is 2.56. The number of fused-ring (bicyclic) bond motifs is 10. The lowest BCUT2D eigenvalue weighted by Crippen LogP contribution is -2.30. The highest BCUT2D eigenvalue weighted by molar-refractivity contribution is 6.10. The molecule has 0 bridgehead atoms. The van der Waals surface area contributed by atoms with Crippen molar-refractivity contribution in [1.29, 1.82) is 0 Å². The number of benzene rings is 4. The third-order valence-electron chi connectivity index (χ3n) is 8.14. The van der Waals surface area contributed by atoms with Crippen LogP contribution in [0.5, 0.6) is 11.5 Å². The van der Waals surface area contributed by atoms with Gasteiger partial charge in [-0.1, -0.05) is 72.8 Å². The predicted octanol–water partition coefficient (Wildman–Crippen LogP) is 8.22. The van der Waals surface area contributed by atoms with Crippen molar-refractivity contribution in [2.45, 2.75) is 25.2 Å². The average molecular weight is 453 g/mol. The van der Waals surface area contributed by atoms with Gasteiger partial charge < -0.3 is 14.7 Å². The molecule has 4 aromatic carbocycles. The van der Waals surface area contributed by atoms with Gasteiger partial charge >= 0.3 is 0 Å². The summed E-state index contributed by atoms with van der Waals surface area (Å²) >= 11 is 0. The molecule has 0 fully saturated rings. The van der Waals surface area contributed by atoms with Crippen molar-refractivity contribution in [2.24, 2.45) is 0 Å². The zero-order valence-corrected chi connectivity index (χ0v) is 19.5. The number of nitrogens with one attached hydrogen (secondary N) is 2. The molecular formula is C32H24N2O. The molecule has 2 N–H and O–H groups in total. The molecule has 2 aliphatic rings. The van der Waals surface area contributed by atoms with Crippen molar-refractivity contribution in [3.63, 3.8) is 0 Å². The summed E-state index contributed by atoms with van der Waals surface area (Å²) in [4.78, 5) is 7.48. The van der Waals surface area contributed by atoms with Crippen LogP contribution in [0.1, 0.15) is 41.3 Å². The van der Waals surface area contributed by atoms with E-state index >= 15 is 0 Å². The lowest BCUT2D eigenvalue weighted by atomic mass is 9.68. The minimum atomic E-state index is -0.389. The van der Waals surface area contributed by atoms with E-state index in [1.807, 2.05) is 0 Å². The Morgan fingerprint density at radius 3 is 2.51 bits per heavy atom. The van der Waals surface area contributed by atoms with E-state index in [9.17, 15) is 0 Å². The van der Waals surface area contributed by atoms with Crippen LogP contribution in [0.2, 0.25) is 0 Å². The van der Waals surface area contributed by atoms with Crippen molar-refractivity contribution in [1.82, 2.24) is 9.97 Å². The van der Waals surface area contributed by atoms with Crippen LogP contribution in [0.25, 0.3) is 38.8 Å². The molecule has 8 rings (SSSR count). The molecule has 0 amide bonds. The lowest BCUT2D eigenvalue weighted by Gasteiger charge is -2.38. The number of allylic oxidation sites excluding steroid dienone is 1. The van der Waals surface area contributed by atoms with Crippen LogP contribution in [0.3, 0.4) is 0 Å². The molecule has 1 aliphatic carbocycles. The van der Waals surface area contributed by atoms with Crippen molar-refractivity contribution in [3.05, 3.63) is 113 Å². The SMILES string of the molecule is CC1(c2ccccc2)c2ccc3c4c([nH]c3c2Oc2ccc3c([nH]c5ccccc53)c21)CCC=C4. The van der Waals surface area contributed by atoms with Crippen molar-refractivity contribution >= 4 is 38.8 Å². The number of para-hydroxylation sites is 1. The minimum Gasteiger partial charge on any atom is -0.454 e. The van der Waals surface area contributed by atoms with Gasteiger partial charge in [0, 0.05) is 44.1 Å². The highest BCUT2D eigenvalue weighted by atomic mass is 16.5. The van der Waals surface area contributed by atoms with Gasteiger partial charge in [-0.25, -0.2) is 0 Å². The molecule has 1 atom stereocenters. The largest absolute Gasteiger partial charge is 0.454 e. The van der Waals surface area contributed by atoms with Crippen LogP contribution in [-0.4, -0.2) is 9.97 Å². The highest BCUT2D eigenvalue weighted by Gasteiger charge is 2.43. The Balaban J connectivity index is 1.51. The van der Waals surface area contributed by atoms with Gasteiger partial charge in [-0.3, -0.25) is 0 Å². The Bertz CT molecular complexity index is 1840. The number of rotatable bonds is 1. The van der Waals surface area contributed by atoms with Gasteiger partial charge in [0.15, 0.2) is 5.75 Å². The standard InChI is InChI=1S/C32H24N2O/c1-32(19-9-3-2-4-10-19)24-17-15-23-21-12-6-8-14-26(21)34-30(23)31(24)35-27-18-16-22-20-11-5-7-13-25(20)33-29(22)28(27)32/h2-7,9-13,15-18,33-34H,8,14H2,1H3. The van der Waals surface area contributed by atoms with E-state index in [0.717, 1.165) is 40.9 Å². The zero-order valence-electron chi connectivity index (χ0n) is 19.5. The molecule has 168 valence electrons. The average Bonchev–Trinajstić information content (AvgIpc) is 3.48. The second kappa shape index (κ2) is 6.67. The number of aryl methyl sites for hydroxylation is 1. The molecule has 0 saturated heterocycles. The molecule has 0 saturated carbocycles. The maximum absolute atomic E-state index is 6.81. The first-order valence-corrected chi connectivity index (χ1v) is 12.4. The molecule has 3 heteroatoms. The molecule has 2 aromatic heterocycles. The summed E-state index contributed by atoms with van der Waals surface area (Å²) in [6, 6.07) is 28.3. The van der Waals surface area contributed by atoms with Crippen LogP contribution >= 0.6 is 0 Å². The first-order chi connectivity index (χ1) is 17.2. The van der Waals surface area contributed by atoms with Gasteiger partial charge in [0.1, 0.15) is 5.75 Å². The molecule has 0 spiro atoms. The van der Waals surface area contributed by atoms with Gasteiger partial charge in [0.2, 0.25) is 0 Å². The maximum atomic E-state index is 6.81. The van der Waals surface area contributed by atoms with Crippen molar-refractivity contribution in [3.8, 4) is 11.5 Å². The van der Waals surface area contributed by atoms with Gasteiger partial charge in [-0.2, -0.15) is 0 Å². The number of hydrogen-bond acceptors (Lipinski definition) is 1. The second-order valence-corrected chi connectivity index (χ2v) is 9.95. The van der Waals surface area contributed by atoms with E-state index in [2.05, 4.69) is 108 Å². The fourth-order valence-corrected chi connectivity index (χ4v) is 6.43. The van der Waals surface area contributed by atoms with Crippen LogP contribution < -0.4 is 4.74 Å². The molecular weight excluding hydrogens is 428 g/mol. The number of aromatic amines is 2. The van der Waals surface area contributed by atoms with Gasteiger partial charge in [-0.15, -0.1) is 0 Å². The summed E-state index contributed by atoms with van der Waals surface area (Å²) < 4.78 is 6.81. The normalized spacial score (nSPS) is 18.4. The molecule has 0 radical (unpaired) electrons. The van der Waals surface area contributed by atoms with Crippen LogP contribution in [-0.2, 0) is 11.8 Å². The number of aromatic nitrogens is 2. The Morgan fingerprint density at radius 2 is 1.60 bits per heavy atom. The van der Waals surface area contributed by atoms with E-state index < -0.39 is 0 Å². The smallest absolute Gasteiger partial charge is 0.155 e.